The van der Waals surface area contributed by atoms with Crippen LogP contribution in [0.15, 0.2) is 18.2 Å². The zero-order valence-electron chi connectivity index (χ0n) is 18.7. The molecule has 31 heavy (non-hydrogen) atoms. The third kappa shape index (κ3) is 4.55. The minimum atomic E-state index is -1.06. The number of piperidine rings is 1. The number of ether oxygens (including phenoxy) is 1. The fraction of sp³-hybridized carbons (Fsp3) is 0.625. The summed E-state index contributed by atoms with van der Waals surface area (Å²) in [4.78, 5) is 44.5. The Morgan fingerprint density at radius 3 is 2.13 bits per heavy atom. The van der Waals surface area contributed by atoms with Crippen molar-refractivity contribution in [1.82, 2.24) is 9.80 Å². The number of carbonyl (C=O) groups is 3. The minimum absolute atomic E-state index is 0.0238. The molecule has 7 heteroatoms. The third-order valence-corrected chi connectivity index (χ3v) is 6.52. The monoisotopic (exact) mass is 427 g/mol. The van der Waals surface area contributed by atoms with Gasteiger partial charge in [0, 0.05) is 31.7 Å². The van der Waals surface area contributed by atoms with Crippen LogP contribution in [0.4, 0.5) is 5.69 Å². The fourth-order valence-corrected chi connectivity index (χ4v) is 4.69. The van der Waals surface area contributed by atoms with Gasteiger partial charge >= 0.3 is 0 Å². The lowest BCUT2D eigenvalue weighted by Gasteiger charge is -2.39. The molecule has 0 aromatic heterocycles. The molecule has 0 saturated carbocycles. The van der Waals surface area contributed by atoms with E-state index in [4.69, 9.17) is 4.74 Å². The predicted octanol–water partition coefficient (Wildman–Crippen LogP) is 3.22. The van der Waals surface area contributed by atoms with Crippen molar-refractivity contribution in [3.8, 4) is 5.75 Å². The Kier molecular flexibility index (Phi) is 6.21. The maximum absolute atomic E-state index is 13.2. The van der Waals surface area contributed by atoms with Gasteiger partial charge in [-0.15, -0.1) is 0 Å². The molecule has 2 fully saturated rings. The van der Waals surface area contributed by atoms with Crippen LogP contribution in [0.2, 0.25) is 0 Å². The molecule has 168 valence electrons. The van der Waals surface area contributed by atoms with Gasteiger partial charge < -0.3 is 14.5 Å². The summed E-state index contributed by atoms with van der Waals surface area (Å²) in [5.41, 5.74) is -0.0200. The summed E-state index contributed by atoms with van der Waals surface area (Å²) < 4.78 is 5.95. The first kappa shape index (κ1) is 21.7. The predicted molar refractivity (Wildman–Crippen MR) is 118 cm³/mol. The lowest BCUT2D eigenvalue weighted by atomic mass is 10.0. The second kappa shape index (κ2) is 8.89. The van der Waals surface area contributed by atoms with E-state index in [0.29, 0.717) is 17.0 Å². The van der Waals surface area contributed by atoms with Crippen molar-refractivity contribution in [1.29, 1.82) is 0 Å². The maximum atomic E-state index is 13.2. The van der Waals surface area contributed by atoms with Gasteiger partial charge in [0.25, 0.3) is 11.8 Å². The van der Waals surface area contributed by atoms with Crippen LogP contribution in [0.5, 0.6) is 5.75 Å². The molecule has 0 bridgehead atoms. The summed E-state index contributed by atoms with van der Waals surface area (Å²) in [7, 11) is 0. The van der Waals surface area contributed by atoms with E-state index in [-0.39, 0.29) is 24.3 Å². The number of benzene rings is 1. The summed E-state index contributed by atoms with van der Waals surface area (Å²) in [5, 5.41) is 0. The number of nitrogens with zero attached hydrogens (tertiary/aromatic N) is 3. The molecule has 3 aliphatic rings. The molecule has 1 aromatic carbocycles. The smallest absolute Gasteiger partial charge is 0.271 e. The number of rotatable bonds is 3. The van der Waals surface area contributed by atoms with Gasteiger partial charge in [0.2, 0.25) is 5.91 Å². The van der Waals surface area contributed by atoms with Gasteiger partial charge in [0.15, 0.2) is 5.60 Å². The molecule has 7 nitrogen and oxygen atoms in total. The first-order valence-corrected chi connectivity index (χ1v) is 11.6. The molecule has 0 aliphatic carbocycles. The van der Waals surface area contributed by atoms with Crippen LogP contribution in [0.25, 0.3) is 0 Å². The Morgan fingerprint density at radius 1 is 0.903 bits per heavy atom. The second-order valence-corrected chi connectivity index (χ2v) is 9.33. The van der Waals surface area contributed by atoms with E-state index in [1.54, 1.807) is 32.0 Å². The summed E-state index contributed by atoms with van der Waals surface area (Å²) in [6.45, 7) is 6.40. The van der Waals surface area contributed by atoms with Crippen molar-refractivity contribution >= 4 is 23.4 Å². The highest BCUT2D eigenvalue weighted by molar-refractivity contribution is 6.07. The van der Waals surface area contributed by atoms with Crippen molar-refractivity contribution in [2.75, 3.05) is 37.6 Å². The highest BCUT2D eigenvalue weighted by Crippen LogP contribution is 2.38. The highest BCUT2D eigenvalue weighted by Gasteiger charge is 2.42. The number of carbonyl (C=O) groups excluding carboxylic acids is 3. The molecule has 0 radical (unpaired) electrons. The van der Waals surface area contributed by atoms with Gasteiger partial charge in [-0.25, -0.2) is 0 Å². The van der Waals surface area contributed by atoms with Crippen LogP contribution in [-0.2, 0) is 9.59 Å². The minimum Gasteiger partial charge on any atom is -0.476 e. The molecular formula is C24H33N3O4. The van der Waals surface area contributed by atoms with E-state index in [1.165, 1.54) is 4.90 Å². The largest absolute Gasteiger partial charge is 0.476 e. The molecule has 3 aliphatic heterocycles. The number of fused-ring (bicyclic) bond motifs is 1. The first-order chi connectivity index (χ1) is 14.9. The standard InChI is InChI=1S/C24H33N3O4/c1-24(2)23(30)27(17-21(28)25-12-8-5-9-13-25)19-16-18(10-11-20(19)31-24)22(29)26-14-6-3-4-7-15-26/h10-11,16H,3-9,12-15,17H2,1-2H3. The molecule has 0 N–H and O–H groups in total. The quantitative estimate of drug-likeness (QED) is 0.743. The number of hydrogen-bond donors (Lipinski definition) is 0. The van der Waals surface area contributed by atoms with Crippen molar-refractivity contribution < 1.29 is 19.1 Å². The zero-order chi connectivity index (χ0) is 22.0. The van der Waals surface area contributed by atoms with Gasteiger partial charge in [-0.05, 0) is 64.2 Å². The summed E-state index contributed by atoms with van der Waals surface area (Å²) in [5.74, 6) is 0.193. The molecule has 2 saturated heterocycles. The van der Waals surface area contributed by atoms with Crippen LogP contribution in [0.3, 0.4) is 0 Å². The van der Waals surface area contributed by atoms with Crippen molar-refractivity contribution in [3.05, 3.63) is 23.8 Å². The highest BCUT2D eigenvalue weighted by atomic mass is 16.5. The van der Waals surface area contributed by atoms with Crippen molar-refractivity contribution in [2.24, 2.45) is 0 Å². The lowest BCUT2D eigenvalue weighted by Crippen LogP contribution is -2.55. The average molecular weight is 428 g/mol. The second-order valence-electron chi connectivity index (χ2n) is 9.33. The lowest BCUT2D eigenvalue weighted by molar-refractivity contribution is -0.137. The van der Waals surface area contributed by atoms with Crippen molar-refractivity contribution in [3.63, 3.8) is 0 Å². The van der Waals surface area contributed by atoms with Gasteiger partial charge in [0.05, 0.1) is 5.69 Å². The zero-order valence-corrected chi connectivity index (χ0v) is 18.7. The number of likely N-dealkylation sites (tertiary alicyclic amines) is 2. The van der Waals surface area contributed by atoms with E-state index < -0.39 is 5.60 Å². The number of anilines is 1. The third-order valence-electron chi connectivity index (χ3n) is 6.52. The Morgan fingerprint density at radius 2 is 1.48 bits per heavy atom. The molecular weight excluding hydrogens is 394 g/mol. The normalized spacial score (nSPS) is 21.2. The van der Waals surface area contributed by atoms with E-state index in [0.717, 1.165) is 71.1 Å². The number of hydrogen-bond acceptors (Lipinski definition) is 4. The molecule has 0 unspecified atom stereocenters. The van der Waals surface area contributed by atoms with Crippen LogP contribution < -0.4 is 9.64 Å². The van der Waals surface area contributed by atoms with Gasteiger partial charge in [0.1, 0.15) is 12.3 Å². The van der Waals surface area contributed by atoms with Crippen LogP contribution in [0.1, 0.15) is 69.2 Å². The molecule has 0 spiro atoms. The molecule has 0 atom stereocenters. The molecule has 1 aromatic rings. The van der Waals surface area contributed by atoms with Crippen LogP contribution >= 0.6 is 0 Å². The summed E-state index contributed by atoms with van der Waals surface area (Å²) in [6, 6.07) is 5.24. The molecule has 3 heterocycles. The van der Waals surface area contributed by atoms with E-state index in [1.807, 2.05) is 9.80 Å². The first-order valence-electron chi connectivity index (χ1n) is 11.6. The van der Waals surface area contributed by atoms with Gasteiger partial charge in [-0.2, -0.15) is 0 Å². The number of amides is 3. The van der Waals surface area contributed by atoms with Crippen molar-refractivity contribution in [2.45, 2.75) is 64.4 Å². The Labute approximate surface area is 184 Å². The van der Waals surface area contributed by atoms with E-state index in [2.05, 4.69) is 0 Å². The SMILES string of the molecule is CC1(C)Oc2ccc(C(=O)N3CCCCCC3)cc2N(CC(=O)N2CCCCC2)C1=O. The van der Waals surface area contributed by atoms with Gasteiger partial charge in [-0.3, -0.25) is 19.3 Å². The summed E-state index contributed by atoms with van der Waals surface area (Å²) >= 11 is 0. The van der Waals surface area contributed by atoms with Crippen LogP contribution in [-0.4, -0.2) is 65.8 Å². The van der Waals surface area contributed by atoms with E-state index >= 15 is 0 Å². The van der Waals surface area contributed by atoms with E-state index in [9.17, 15) is 14.4 Å². The van der Waals surface area contributed by atoms with Crippen LogP contribution in [0, 0.1) is 0 Å². The van der Waals surface area contributed by atoms with Gasteiger partial charge in [-0.1, -0.05) is 12.8 Å². The Balaban J connectivity index is 1.61. The Hall–Kier alpha value is -2.57. The topological polar surface area (TPSA) is 70.2 Å². The average Bonchev–Trinajstić information content (AvgIpc) is 3.06. The Bertz CT molecular complexity index is 852. The summed E-state index contributed by atoms with van der Waals surface area (Å²) in [6.07, 6.45) is 7.47. The molecule has 4 rings (SSSR count). The molecule has 3 amide bonds. The maximum Gasteiger partial charge on any atom is 0.271 e. The fourth-order valence-electron chi connectivity index (χ4n) is 4.69.